The SMILES string of the molecule is O=C(NCCc1nnc(NC(=O)c2ccc(Cl)cc2[N+](=O)[O-])s1)c1ccccc1Cl. The standard InChI is InChI=1S/C18H13Cl2N5O4S/c19-10-5-6-12(14(9-10)25(28)29)17(27)22-18-24-23-15(30-18)7-8-21-16(26)11-3-1-2-4-13(11)20/h1-6,9H,7-8H2,(H,21,26)(H,22,24,27). The Labute approximate surface area is 184 Å². The van der Waals surface area contributed by atoms with Crippen LogP contribution in [0.15, 0.2) is 42.5 Å². The summed E-state index contributed by atoms with van der Waals surface area (Å²) in [5, 5.41) is 25.4. The molecule has 1 aromatic heterocycles. The highest BCUT2D eigenvalue weighted by Gasteiger charge is 2.21. The first-order chi connectivity index (χ1) is 14.3. The molecule has 1 heterocycles. The Balaban J connectivity index is 1.58. The quantitative estimate of drug-likeness (QED) is 0.401. The van der Waals surface area contributed by atoms with Gasteiger partial charge in [0.15, 0.2) is 0 Å². The molecule has 0 aliphatic heterocycles. The lowest BCUT2D eigenvalue weighted by atomic mass is 10.1. The van der Waals surface area contributed by atoms with Crippen LogP contribution in [0, 0.1) is 10.1 Å². The maximum atomic E-state index is 12.4. The van der Waals surface area contributed by atoms with E-state index in [0.717, 1.165) is 17.4 Å². The number of carbonyl (C=O) groups excluding carboxylic acids is 2. The van der Waals surface area contributed by atoms with E-state index in [1.807, 2.05) is 0 Å². The second-order valence-electron chi connectivity index (χ2n) is 5.86. The van der Waals surface area contributed by atoms with Gasteiger partial charge in [0.1, 0.15) is 10.6 Å². The molecule has 0 aliphatic carbocycles. The van der Waals surface area contributed by atoms with Gasteiger partial charge in [-0.3, -0.25) is 25.0 Å². The molecule has 2 N–H and O–H groups in total. The molecule has 154 valence electrons. The van der Waals surface area contributed by atoms with Crippen LogP contribution in [0.5, 0.6) is 0 Å². The first-order valence-electron chi connectivity index (χ1n) is 8.45. The van der Waals surface area contributed by atoms with Gasteiger partial charge in [0.2, 0.25) is 5.13 Å². The van der Waals surface area contributed by atoms with Crippen molar-refractivity contribution in [3.8, 4) is 0 Å². The number of halogens is 2. The number of rotatable bonds is 7. The molecule has 0 radical (unpaired) electrons. The summed E-state index contributed by atoms with van der Waals surface area (Å²) >= 11 is 12.8. The number of anilines is 1. The molecule has 12 heteroatoms. The van der Waals surface area contributed by atoms with Crippen LogP contribution in [-0.2, 0) is 6.42 Å². The Morgan fingerprint density at radius 3 is 2.57 bits per heavy atom. The number of benzene rings is 2. The summed E-state index contributed by atoms with van der Waals surface area (Å²) in [5.74, 6) is -1.01. The van der Waals surface area contributed by atoms with Crippen molar-refractivity contribution in [2.24, 2.45) is 0 Å². The van der Waals surface area contributed by atoms with Crippen LogP contribution in [-0.4, -0.2) is 33.5 Å². The predicted octanol–water partition coefficient (Wildman–Crippen LogP) is 3.98. The summed E-state index contributed by atoms with van der Waals surface area (Å²) < 4.78 is 0. The average Bonchev–Trinajstić information content (AvgIpc) is 3.15. The Kier molecular flexibility index (Phi) is 6.93. The Bertz CT molecular complexity index is 1120. The lowest BCUT2D eigenvalue weighted by Gasteiger charge is -2.05. The van der Waals surface area contributed by atoms with Gasteiger partial charge in [0.25, 0.3) is 17.5 Å². The van der Waals surface area contributed by atoms with E-state index in [4.69, 9.17) is 23.2 Å². The maximum absolute atomic E-state index is 12.4. The number of hydrogen-bond acceptors (Lipinski definition) is 7. The third-order valence-corrected chi connectivity index (χ3v) is 5.29. The fraction of sp³-hybridized carbons (Fsp3) is 0.111. The molecule has 0 bridgehead atoms. The van der Waals surface area contributed by atoms with E-state index < -0.39 is 16.5 Å². The van der Waals surface area contributed by atoms with Crippen LogP contribution in [0.3, 0.4) is 0 Å². The fourth-order valence-electron chi connectivity index (χ4n) is 2.44. The lowest BCUT2D eigenvalue weighted by Crippen LogP contribution is -2.25. The number of carbonyl (C=O) groups is 2. The molecule has 0 unspecified atom stereocenters. The van der Waals surface area contributed by atoms with E-state index in [-0.39, 0.29) is 28.2 Å². The molecular weight excluding hydrogens is 453 g/mol. The van der Waals surface area contributed by atoms with Crippen molar-refractivity contribution in [3.63, 3.8) is 0 Å². The van der Waals surface area contributed by atoms with Crippen LogP contribution < -0.4 is 10.6 Å². The smallest absolute Gasteiger partial charge is 0.283 e. The highest BCUT2D eigenvalue weighted by atomic mass is 35.5. The van der Waals surface area contributed by atoms with Gasteiger partial charge < -0.3 is 5.32 Å². The topological polar surface area (TPSA) is 127 Å². The van der Waals surface area contributed by atoms with Crippen LogP contribution in [0.1, 0.15) is 25.7 Å². The molecule has 2 aromatic carbocycles. The first-order valence-corrected chi connectivity index (χ1v) is 10.0. The summed E-state index contributed by atoms with van der Waals surface area (Å²) in [5.41, 5.74) is -0.186. The summed E-state index contributed by atoms with van der Waals surface area (Å²) in [6.07, 6.45) is 0.380. The molecule has 30 heavy (non-hydrogen) atoms. The number of nitrogens with zero attached hydrogens (tertiary/aromatic N) is 3. The number of hydrogen-bond donors (Lipinski definition) is 2. The molecular formula is C18H13Cl2N5O4S. The van der Waals surface area contributed by atoms with Gasteiger partial charge in [-0.25, -0.2) is 0 Å². The van der Waals surface area contributed by atoms with Crippen LogP contribution in [0.2, 0.25) is 10.0 Å². The van der Waals surface area contributed by atoms with Gasteiger partial charge >= 0.3 is 0 Å². The molecule has 2 amide bonds. The molecule has 9 nitrogen and oxygen atoms in total. The zero-order valence-corrected chi connectivity index (χ0v) is 17.4. The molecule has 3 aromatic rings. The summed E-state index contributed by atoms with van der Waals surface area (Å²) in [6, 6.07) is 10.4. The molecule has 0 spiro atoms. The Hall–Kier alpha value is -3.08. The monoisotopic (exact) mass is 465 g/mol. The van der Waals surface area contributed by atoms with Gasteiger partial charge in [0.05, 0.1) is 15.5 Å². The van der Waals surface area contributed by atoms with E-state index in [2.05, 4.69) is 20.8 Å². The average molecular weight is 466 g/mol. The normalized spacial score (nSPS) is 10.5. The zero-order chi connectivity index (χ0) is 21.7. The minimum absolute atomic E-state index is 0.145. The zero-order valence-electron chi connectivity index (χ0n) is 15.1. The minimum atomic E-state index is -0.701. The molecule has 3 rings (SSSR count). The first kappa shape index (κ1) is 21.6. The predicted molar refractivity (Wildman–Crippen MR) is 113 cm³/mol. The fourth-order valence-corrected chi connectivity index (χ4v) is 3.56. The lowest BCUT2D eigenvalue weighted by molar-refractivity contribution is -0.385. The van der Waals surface area contributed by atoms with Gasteiger partial charge in [-0.05, 0) is 24.3 Å². The van der Waals surface area contributed by atoms with Crippen LogP contribution in [0.25, 0.3) is 0 Å². The van der Waals surface area contributed by atoms with Crippen molar-refractivity contribution < 1.29 is 14.5 Å². The second-order valence-corrected chi connectivity index (χ2v) is 7.77. The van der Waals surface area contributed by atoms with Crippen LogP contribution in [0.4, 0.5) is 10.8 Å². The summed E-state index contributed by atoms with van der Waals surface area (Å²) in [7, 11) is 0. The van der Waals surface area contributed by atoms with E-state index in [0.29, 0.717) is 22.0 Å². The third kappa shape index (κ3) is 5.29. The molecule has 0 saturated heterocycles. The van der Waals surface area contributed by atoms with E-state index in [1.165, 1.54) is 12.1 Å². The highest BCUT2D eigenvalue weighted by Crippen LogP contribution is 2.25. The highest BCUT2D eigenvalue weighted by molar-refractivity contribution is 7.15. The number of aromatic nitrogens is 2. The molecule has 0 fully saturated rings. The van der Waals surface area contributed by atoms with Gasteiger partial charge in [0, 0.05) is 24.1 Å². The minimum Gasteiger partial charge on any atom is -0.352 e. The van der Waals surface area contributed by atoms with E-state index >= 15 is 0 Å². The largest absolute Gasteiger partial charge is 0.352 e. The van der Waals surface area contributed by atoms with Crippen LogP contribution >= 0.6 is 34.5 Å². The van der Waals surface area contributed by atoms with E-state index in [9.17, 15) is 19.7 Å². The number of nitro benzene ring substituents is 1. The molecule has 0 saturated carbocycles. The number of nitrogens with one attached hydrogen (secondary N) is 2. The summed E-state index contributed by atoms with van der Waals surface area (Å²) in [4.78, 5) is 34.9. The molecule has 0 atom stereocenters. The van der Waals surface area contributed by atoms with Crippen molar-refractivity contribution in [2.45, 2.75) is 6.42 Å². The molecule has 0 aliphatic rings. The summed E-state index contributed by atoms with van der Waals surface area (Å²) in [6.45, 7) is 0.287. The maximum Gasteiger partial charge on any atom is 0.283 e. The van der Waals surface area contributed by atoms with Crippen molar-refractivity contribution in [1.82, 2.24) is 15.5 Å². The van der Waals surface area contributed by atoms with Crippen molar-refractivity contribution in [2.75, 3.05) is 11.9 Å². The van der Waals surface area contributed by atoms with Gasteiger partial charge in [-0.15, -0.1) is 10.2 Å². The Morgan fingerprint density at radius 2 is 1.83 bits per heavy atom. The second kappa shape index (κ2) is 9.61. The van der Waals surface area contributed by atoms with E-state index in [1.54, 1.807) is 24.3 Å². The van der Waals surface area contributed by atoms with Gasteiger partial charge in [-0.2, -0.15) is 0 Å². The van der Waals surface area contributed by atoms with Crippen molar-refractivity contribution in [3.05, 3.63) is 78.8 Å². The Morgan fingerprint density at radius 1 is 1.07 bits per heavy atom. The van der Waals surface area contributed by atoms with Crippen molar-refractivity contribution in [1.29, 1.82) is 0 Å². The number of amides is 2. The number of nitro groups is 1. The van der Waals surface area contributed by atoms with Crippen molar-refractivity contribution >= 4 is 57.2 Å². The third-order valence-electron chi connectivity index (χ3n) is 3.83. The van der Waals surface area contributed by atoms with Gasteiger partial charge in [-0.1, -0.05) is 46.7 Å².